The molecule has 0 aliphatic carbocycles. The maximum Gasteiger partial charge on any atom is 0.103 e. The number of hydrogen-bond acceptors (Lipinski definition) is 3. The highest BCUT2D eigenvalue weighted by Gasteiger charge is 2.10. The standard InChI is InChI=1S/C13H15NO2/c1-2-16-9-13(15)11-7-8-14-12-6-4-3-5-10(11)12/h3-8,13,15H,2,9H2,1H3. The molecule has 2 aromatic rings. The Hall–Kier alpha value is -1.45. The van der Waals surface area contributed by atoms with Crippen molar-refractivity contribution in [2.45, 2.75) is 13.0 Å². The molecule has 1 N–H and O–H groups in total. The van der Waals surface area contributed by atoms with Gasteiger partial charge in [-0.1, -0.05) is 18.2 Å². The Morgan fingerprint density at radius 1 is 1.31 bits per heavy atom. The summed E-state index contributed by atoms with van der Waals surface area (Å²) < 4.78 is 5.23. The van der Waals surface area contributed by atoms with E-state index >= 15 is 0 Å². The van der Waals surface area contributed by atoms with E-state index in [1.165, 1.54) is 0 Å². The summed E-state index contributed by atoms with van der Waals surface area (Å²) >= 11 is 0. The van der Waals surface area contributed by atoms with Crippen molar-refractivity contribution in [2.24, 2.45) is 0 Å². The summed E-state index contributed by atoms with van der Waals surface area (Å²) in [5.41, 5.74) is 1.77. The van der Waals surface area contributed by atoms with E-state index in [0.717, 1.165) is 16.5 Å². The smallest absolute Gasteiger partial charge is 0.103 e. The predicted molar refractivity (Wildman–Crippen MR) is 63.2 cm³/mol. The fourth-order valence-corrected chi connectivity index (χ4v) is 1.73. The molecule has 3 nitrogen and oxygen atoms in total. The predicted octanol–water partition coefficient (Wildman–Crippen LogP) is 2.30. The van der Waals surface area contributed by atoms with Gasteiger partial charge in [0.15, 0.2) is 0 Å². The second kappa shape index (κ2) is 5.05. The molecule has 0 aliphatic rings. The second-order valence-corrected chi connectivity index (χ2v) is 3.59. The van der Waals surface area contributed by atoms with Gasteiger partial charge in [-0.15, -0.1) is 0 Å². The lowest BCUT2D eigenvalue weighted by atomic mass is 10.0. The number of fused-ring (bicyclic) bond motifs is 1. The van der Waals surface area contributed by atoms with Gasteiger partial charge in [-0.3, -0.25) is 4.98 Å². The topological polar surface area (TPSA) is 42.4 Å². The van der Waals surface area contributed by atoms with Crippen molar-refractivity contribution in [3.05, 3.63) is 42.1 Å². The van der Waals surface area contributed by atoms with Crippen LogP contribution in [0.2, 0.25) is 0 Å². The molecule has 1 aromatic heterocycles. The number of rotatable bonds is 4. The third-order valence-corrected chi connectivity index (χ3v) is 2.52. The van der Waals surface area contributed by atoms with Crippen molar-refractivity contribution in [1.29, 1.82) is 0 Å². The van der Waals surface area contributed by atoms with Gasteiger partial charge in [-0.05, 0) is 24.6 Å². The molecule has 0 amide bonds. The van der Waals surface area contributed by atoms with Crippen LogP contribution in [0.25, 0.3) is 10.9 Å². The zero-order valence-electron chi connectivity index (χ0n) is 9.26. The average Bonchev–Trinajstić information content (AvgIpc) is 2.35. The number of benzene rings is 1. The lowest BCUT2D eigenvalue weighted by Gasteiger charge is -2.12. The van der Waals surface area contributed by atoms with Crippen LogP contribution in [0, 0.1) is 0 Å². The molecule has 1 heterocycles. The molecule has 84 valence electrons. The van der Waals surface area contributed by atoms with E-state index in [4.69, 9.17) is 4.74 Å². The van der Waals surface area contributed by atoms with Crippen LogP contribution in [0.5, 0.6) is 0 Å². The lowest BCUT2D eigenvalue weighted by molar-refractivity contribution is 0.0427. The van der Waals surface area contributed by atoms with Gasteiger partial charge in [0.05, 0.1) is 12.1 Å². The van der Waals surface area contributed by atoms with E-state index in [9.17, 15) is 5.11 Å². The van der Waals surface area contributed by atoms with Crippen LogP contribution in [0.3, 0.4) is 0 Å². The summed E-state index contributed by atoms with van der Waals surface area (Å²) in [5, 5.41) is 11.0. The average molecular weight is 217 g/mol. The van der Waals surface area contributed by atoms with Crippen molar-refractivity contribution in [3.8, 4) is 0 Å². The van der Waals surface area contributed by atoms with Gasteiger partial charge < -0.3 is 9.84 Å². The minimum atomic E-state index is -0.590. The summed E-state index contributed by atoms with van der Waals surface area (Å²) in [5.74, 6) is 0. The highest BCUT2D eigenvalue weighted by Crippen LogP contribution is 2.22. The molecular formula is C13H15NO2. The first-order valence-electron chi connectivity index (χ1n) is 5.42. The molecule has 0 bridgehead atoms. The Labute approximate surface area is 94.7 Å². The van der Waals surface area contributed by atoms with E-state index in [2.05, 4.69) is 4.98 Å². The number of pyridine rings is 1. The lowest BCUT2D eigenvalue weighted by Crippen LogP contribution is -2.07. The third-order valence-electron chi connectivity index (χ3n) is 2.52. The zero-order valence-corrected chi connectivity index (χ0v) is 9.26. The molecule has 0 fully saturated rings. The van der Waals surface area contributed by atoms with Crippen LogP contribution in [0.15, 0.2) is 36.5 Å². The van der Waals surface area contributed by atoms with Gasteiger partial charge in [-0.2, -0.15) is 0 Å². The van der Waals surface area contributed by atoms with Crippen LogP contribution in [-0.4, -0.2) is 23.3 Å². The minimum Gasteiger partial charge on any atom is -0.386 e. The molecule has 16 heavy (non-hydrogen) atoms. The molecule has 1 unspecified atom stereocenters. The normalized spacial score (nSPS) is 12.9. The van der Waals surface area contributed by atoms with Gasteiger partial charge in [0, 0.05) is 18.2 Å². The zero-order chi connectivity index (χ0) is 11.4. The van der Waals surface area contributed by atoms with Gasteiger partial charge in [0.1, 0.15) is 6.10 Å². The molecule has 0 spiro atoms. The van der Waals surface area contributed by atoms with Crippen molar-refractivity contribution in [1.82, 2.24) is 4.98 Å². The van der Waals surface area contributed by atoms with Gasteiger partial charge in [0.25, 0.3) is 0 Å². The summed E-state index contributed by atoms with van der Waals surface area (Å²) in [4.78, 5) is 4.25. The first-order valence-corrected chi connectivity index (χ1v) is 5.42. The number of nitrogens with zero attached hydrogens (tertiary/aromatic N) is 1. The van der Waals surface area contributed by atoms with Gasteiger partial charge >= 0.3 is 0 Å². The highest BCUT2D eigenvalue weighted by atomic mass is 16.5. The summed E-state index contributed by atoms with van der Waals surface area (Å²) in [6.07, 6.45) is 1.13. The number of ether oxygens (including phenoxy) is 1. The number of aliphatic hydroxyl groups excluding tert-OH is 1. The van der Waals surface area contributed by atoms with Crippen LogP contribution in [0.4, 0.5) is 0 Å². The molecular weight excluding hydrogens is 202 g/mol. The molecule has 2 rings (SSSR count). The Morgan fingerprint density at radius 2 is 2.12 bits per heavy atom. The van der Waals surface area contributed by atoms with Crippen LogP contribution >= 0.6 is 0 Å². The Bertz CT molecular complexity index is 465. The summed E-state index contributed by atoms with van der Waals surface area (Å²) in [6, 6.07) is 9.63. The van der Waals surface area contributed by atoms with E-state index in [0.29, 0.717) is 13.2 Å². The van der Waals surface area contributed by atoms with Crippen LogP contribution in [-0.2, 0) is 4.74 Å². The van der Waals surface area contributed by atoms with Crippen molar-refractivity contribution in [2.75, 3.05) is 13.2 Å². The Balaban J connectivity index is 2.36. The van der Waals surface area contributed by atoms with Gasteiger partial charge in [0.2, 0.25) is 0 Å². The number of aliphatic hydroxyl groups is 1. The Kier molecular flexibility index (Phi) is 3.49. The highest BCUT2D eigenvalue weighted by molar-refractivity contribution is 5.82. The number of aromatic nitrogens is 1. The SMILES string of the molecule is CCOCC(O)c1ccnc2ccccc12. The van der Waals surface area contributed by atoms with E-state index in [-0.39, 0.29) is 0 Å². The number of hydrogen-bond donors (Lipinski definition) is 1. The van der Waals surface area contributed by atoms with E-state index < -0.39 is 6.10 Å². The summed E-state index contributed by atoms with van der Waals surface area (Å²) in [7, 11) is 0. The van der Waals surface area contributed by atoms with Crippen molar-refractivity contribution >= 4 is 10.9 Å². The molecule has 1 aromatic carbocycles. The fourth-order valence-electron chi connectivity index (χ4n) is 1.73. The largest absolute Gasteiger partial charge is 0.386 e. The quantitative estimate of drug-likeness (QED) is 0.854. The first-order chi connectivity index (χ1) is 7.83. The Morgan fingerprint density at radius 3 is 2.94 bits per heavy atom. The van der Waals surface area contributed by atoms with Crippen LogP contribution in [0.1, 0.15) is 18.6 Å². The van der Waals surface area contributed by atoms with E-state index in [1.807, 2.05) is 37.3 Å². The molecule has 0 aliphatic heterocycles. The van der Waals surface area contributed by atoms with Crippen molar-refractivity contribution in [3.63, 3.8) is 0 Å². The monoisotopic (exact) mass is 217 g/mol. The van der Waals surface area contributed by atoms with Crippen molar-refractivity contribution < 1.29 is 9.84 Å². The number of para-hydroxylation sites is 1. The van der Waals surface area contributed by atoms with Crippen LogP contribution < -0.4 is 0 Å². The van der Waals surface area contributed by atoms with Gasteiger partial charge in [-0.25, -0.2) is 0 Å². The summed E-state index contributed by atoms with van der Waals surface area (Å²) in [6.45, 7) is 2.85. The maximum atomic E-state index is 10.00. The third kappa shape index (κ3) is 2.21. The molecule has 3 heteroatoms. The molecule has 0 saturated heterocycles. The maximum absolute atomic E-state index is 10.00. The molecule has 0 saturated carbocycles. The van der Waals surface area contributed by atoms with E-state index in [1.54, 1.807) is 6.20 Å². The molecule has 1 atom stereocenters. The fraction of sp³-hybridized carbons (Fsp3) is 0.308. The second-order valence-electron chi connectivity index (χ2n) is 3.59. The minimum absolute atomic E-state index is 0.324. The molecule has 0 radical (unpaired) electrons. The first kappa shape index (κ1) is 11.0.